The number of nitrogens with two attached hydrogens (primary N) is 1. The van der Waals surface area contributed by atoms with E-state index in [0.29, 0.717) is 29.8 Å². The fourth-order valence-corrected chi connectivity index (χ4v) is 4.69. The molecule has 1 aromatic carbocycles. The molecule has 1 heterocycles. The first kappa shape index (κ1) is 14.9. The Hall–Kier alpha value is -1.06. The van der Waals surface area contributed by atoms with Crippen molar-refractivity contribution in [3.63, 3.8) is 0 Å². The van der Waals surface area contributed by atoms with Crippen LogP contribution in [-0.2, 0) is 0 Å². The molecule has 1 aromatic rings. The standard InChI is InChI=1S/C18H28N2O/c1-11-7-8-16(21)18-15(9-12(2)17(11)18)20-13(3)5-4-6-14(20)10-19/h7-8,12-15,21H,4-6,9-10,19H2,1-3H3. The Morgan fingerprint density at radius 1 is 1.24 bits per heavy atom. The second-order valence-electron chi connectivity index (χ2n) is 7.00. The average molecular weight is 288 g/mol. The molecule has 3 heteroatoms. The topological polar surface area (TPSA) is 49.5 Å². The maximum Gasteiger partial charge on any atom is 0.120 e. The number of aromatic hydroxyl groups is 1. The number of fused-ring (bicyclic) bond motifs is 1. The van der Waals surface area contributed by atoms with E-state index in [1.807, 2.05) is 12.1 Å². The summed E-state index contributed by atoms with van der Waals surface area (Å²) in [6.07, 6.45) is 4.81. The van der Waals surface area contributed by atoms with E-state index in [1.54, 1.807) is 0 Å². The van der Waals surface area contributed by atoms with Gasteiger partial charge in [-0.2, -0.15) is 0 Å². The number of likely N-dealkylation sites (tertiary alicyclic amines) is 1. The van der Waals surface area contributed by atoms with Crippen LogP contribution in [-0.4, -0.2) is 28.6 Å². The first-order chi connectivity index (χ1) is 10.0. The van der Waals surface area contributed by atoms with E-state index < -0.39 is 0 Å². The van der Waals surface area contributed by atoms with E-state index in [-0.39, 0.29) is 0 Å². The van der Waals surface area contributed by atoms with Gasteiger partial charge in [-0.25, -0.2) is 0 Å². The van der Waals surface area contributed by atoms with Crippen LogP contribution in [0.15, 0.2) is 12.1 Å². The van der Waals surface area contributed by atoms with Gasteiger partial charge in [-0.3, -0.25) is 4.90 Å². The first-order valence-corrected chi connectivity index (χ1v) is 8.34. The minimum absolute atomic E-state index is 0.332. The Labute approximate surface area is 128 Å². The molecule has 2 aliphatic rings. The summed E-state index contributed by atoms with van der Waals surface area (Å²) >= 11 is 0. The van der Waals surface area contributed by atoms with Gasteiger partial charge in [0.25, 0.3) is 0 Å². The third kappa shape index (κ3) is 2.36. The lowest BCUT2D eigenvalue weighted by atomic mass is 9.91. The largest absolute Gasteiger partial charge is 0.508 e. The zero-order valence-corrected chi connectivity index (χ0v) is 13.5. The molecule has 1 aliphatic heterocycles. The van der Waals surface area contributed by atoms with Gasteiger partial charge < -0.3 is 10.8 Å². The molecule has 3 nitrogen and oxygen atoms in total. The van der Waals surface area contributed by atoms with Gasteiger partial charge in [-0.15, -0.1) is 0 Å². The van der Waals surface area contributed by atoms with Crippen LogP contribution in [0.5, 0.6) is 5.75 Å². The molecule has 4 unspecified atom stereocenters. The van der Waals surface area contributed by atoms with Crippen molar-refractivity contribution < 1.29 is 5.11 Å². The first-order valence-electron chi connectivity index (χ1n) is 8.34. The van der Waals surface area contributed by atoms with E-state index in [0.717, 1.165) is 13.0 Å². The lowest BCUT2D eigenvalue weighted by molar-refractivity contribution is 0.0472. The molecule has 4 atom stereocenters. The summed E-state index contributed by atoms with van der Waals surface area (Å²) < 4.78 is 0. The van der Waals surface area contributed by atoms with Gasteiger partial charge in [0.1, 0.15) is 5.75 Å². The molecule has 1 aliphatic carbocycles. The molecule has 116 valence electrons. The number of aryl methyl sites for hydroxylation is 1. The van der Waals surface area contributed by atoms with Crippen LogP contribution in [0.1, 0.15) is 68.2 Å². The molecule has 1 fully saturated rings. The van der Waals surface area contributed by atoms with Crippen molar-refractivity contribution in [3.05, 3.63) is 28.8 Å². The van der Waals surface area contributed by atoms with Crippen LogP contribution in [0.2, 0.25) is 0 Å². The molecular weight excluding hydrogens is 260 g/mol. The number of nitrogens with zero attached hydrogens (tertiary/aromatic N) is 1. The lowest BCUT2D eigenvalue weighted by Gasteiger charge is -2.44. The minimum atomic E-state index is 0.332. The molecule has 0 amide bonds. The van der Waals surface area contributed by atoms with E-state index in [9.17, 15) is 5.11 Å². The highest BCUT2D eigenvalue weighted by Crippen LogP contribution is 2.50. The lowest BCUT2D eigenvalue weighted by Crippen LogP contribution is -2.50. The van der Waals surface area contributed by atoms with Crippen molar-refractivity contribution in [3.8, 4) is 5.75 Å². The summed E-state index contributed by atoms with van der Waals surface area (Å²) in [5.74, 6) is 0.989. The quantitative estimate of drug-likeness (QED) is 0.876. The fraction of sp³-hybridized carbons (Fsp3) is 0.667. The third-order valence-corrected chi connectivity index (χ3v) is 5.61. The number of phenols is 1. The third-order valence-electron chi connectivity index (χ3n) is 5.61. The Balaban J connectivity index is 2.04. The molecule has 3 rings (SSSR count). The summed E-state index contributed by atoms with van der Waals surface area (Å²) in [5, 5.41) is 10.5. The van der Waals surface area contributed by atoms with Crippen molar-refractivity contribution in [1.29, 1.82) is 0 Å². The summed E-state index contributed by atoms with van der Waals surface area (Å²) in [5.41, 5.74) is 9.90. The molecule has 0 radical (unpaired) electrons. The normalized spacial score (nSPS) is 33.1. The monoisotopic (exact) mass is 288 g/mol. The van der Waals surface area contributed by atoms with Gasteiger partial charge in [0.2, 0.25) is 0 Å². The summed E-state index contributed by atoms with van der Waals surface area (Å²) in [6, 6.07) is 5.25. The average Bonchev–Trinajstić information content (AvgIpc) is 2.81. The van der Waals surface area contributed by atoms with Crippen LogP contribution >= 0.6 is 0 Å². The highest BCUT2D eigenvalue weighted by Gasteiger charge is 2.41. The predicted octanol–water partition coefficient (Wildman–Crippen LogP) is 3.45. The molecule has 0 spiro atoms. The second-order valence-corrected chi connectivity index (χ2v) is 7.00. The Kier molecular flexibility index (Phi) is 3.98. The number of hydrogen-bond acceptors (Lipinski definition) is 3. The zero-order valence-electron chi connectivity index (χ0n) is 13.5. The maximum absolute atomic E-state index is 10.5. The Morgan fingerprint density at radius 2 is 2.00 bits per heavy atom. The van der Waals surface area contributed by atoms with E-state index in [1.165, 1.54) is 36.0 Å². The molecule has 3 N–H and O–H groups in total. The fourth-order valence-electron chi connectivity index (χ4n) is 4.69. The zero-order chi connectivity index (χ0) is 15.1. The molecule has 0 saturated carbocycles. The maximum atomic E-state index is 10.5. The van der Waals surface area contributed by atoms with Gasteiger partial charge in [-0.05, 0) is 56.2 Å². The van der Waals surface area contributed by atoms with Gasteiger partial charge >= 0.3 is 0 Å². The second kappa shape index (κ2) is 5.62. The summed E-state index contributed by atoms with van der Waals surface area (Å²) in [7, 11) is 0. The molecule has 0 bridgehead atoms. The van der Waals surface area contributed by atoms with Gasteiger partial charge in [0.15, 0.2) is 0 Å². The van der Waals surface area contributed by atoms with Gasteiger partial charge in [0.05, 0.1) is 0 Å². The van der Waals surface area contributed by atoms with Crippen LogP contribution in [0.4, 0.5) is 0 Å². The minimum Gasteiger partial charge on any atom is -0.508 e. The van der Waals surface area contributed by atoms with Crippen LogP contribution < -0.4 is 5.73 Å². The number of piperidine rings is 1. The van der Waals surface area contributed by atoms with Gasteiger partial charge in [-0.1, -0.05) is 19.4 Å². The van der Waals surface area contributed by atoms with Crippen molar-refractivity contribution in [2.75, 3.05) is 6.54 Å². The van der Waals surface area contributed by atoms with E-state index in [4.69, 9.17) is 5.73 Å². The summed E-state index contributed by atoms with van der Waals surface area (Å²) in [4.78, 5) is 2.60. The van der Waals surface area contributed by atoms with Crippen molar-refractivity contribution >= 4 is 0 Å². The Bertz CT molecular complexity index is 528. The number of hydrogen-bond donors (Lipinski definition) is 2. The SMILES string of the molecule is Cc1ccc(O)c2c1C(C)CC2N1C(C)CCCC1CN. The van der Waals surface area contributed by atoms with Crippen LogP contribution in [0, 0.1) is 6.92 Å². The molecule has 0 aromatic heterocycles. The van der Waals surface area contributed by atoms with E-state index >= 15 is 0 Å². The highest BCUT2D eigenvalue weighted by molar-refractivity contribution is 5.51. The van der Waals surface area contributed by atoms with Crippen molar-refractivity contribution in [2.24, 2.45) is 5.73 Å². The molecular formula is C18H28N2O. The number of rotatable bonds is 2. The molecule has 1 saturated heterocycles. The number of phenolic OH excluding ortho intramolecular Hbond substituents is 1. The van der Waals surface area contributed by atoms with E-state index in [2.05, 4.69) is 25.7 Å². The number of benzene rings is 1. The van der Waals surface area contributed by atoms with Gasteiger partial charge in [0, 0.05) is 30.2 Å². The smallest absolute Gasteiger partial charge is 0.120 e. The van der Waals surface area contributed by atoms with Crippen molar-refractivity contribution in [2.45, 2.75) is 70.5 Å². The molecule has 21 heavy (non-hydrogen) atoms. The highest BCUT2D eigenvalue weighted by atomic mass is 16.3. The Morgan fingerprint density at radius 3 is 2.71 bits per heavy atom. The predicted molar refractivity (Wildman–Crippen MR) is 86.6 cm³/mol. The van der Waals surface area contributed by atoms with Crippen molar-refractivity contribution in [1.82, 2.24) is 4.90 Å². The summed E-state index contributed by atoms with van der Waals surface area (Å²) in [6.45, 7) is 7.49. The van der Waals surface area contributed by atoms with Crippen LogP contribution in [0.25, 0.3) is 0 Å². The van der Waals surface area contributed by atoms with Crippen LogP contribution in [0.3, 0.4) is 0 Å².